The molecule has 0 heterocycles. The van der Waals surface area contributed by atoms with Crippen molar-refractivity contribution < 1.29 is 9.90 Å². The first-order chi connectivity index (χ1) is 5.92. The molecule has 0 saturated heterocycles. The molecular formula is C9H20N2O2. The zero-order valence-corrected chi connectivity index (χ0v) is 8.92. The zero-order valence-electron chi connectivity index (χ0n) is 8.92. The molecule has 0 spiro atoms. The van der Waals surface area contributed by atoms with E-state index >= 15 is 0 Å². The minimum atomic E-state index is -0.793. The van der Waals surface area contributed by atoms with Crippen LogP contribution in [0.2, 0.25) is 0 Å². The SMILES string of the molecule is CCNC(C)(CCN(C)C)C(=O)O. The average Bonchev–Trinajstić information content (AvgIpc) is 2.01. The van der Waals surface area contributed by atoms with E-state index in [1.807, 2.05) is 25.9 Å². The number of carbonyl (C=O) groups is 1. The van der Waals surface area contributed by atoms with E-state index in [0.717, 1.165) is 6.54 Å². The Labute approximate surface area is 79.9 Å². The van der Waals surface area contributed by atoms with Crippen LogP contribution in [0.1, 0.15) is 20.3 Å². The Hall–Kier alpha value is -0.610. The topological polar surface area (TPSA) is 52.6 Å². The van der Waals surface area contributed by atoms with Gasteiger partial charge in [-0.15, -0.1) is 0 Å². The normalized spacial score (nSPS) is 15.8. The second kappa shape index (κ2) is 5.19. The van der Waals surface area contributed by atoms with Gasteiger partial charge in [0.15, 0.2) is 0 Å². The lowest BCUT2D eigenvalue weighted by atomic mass is 9.98. The van der Waals surface area contributed by atoms with Crippen LogP contribution in [0.4, 0.5) is 0 Å². The average molecular weight is 188 g/mol. The molecule has 0 aromatic carbocycles. The van der Waals surface area contributed by atoms with Gasteiger partial charge in [-0.1, -0.05) is 6.92 Å². The van der Waals surface area contributed by atoms with E-state index in [1.165, 1.54) is 0 Å². The van der Waals surface area contributed by atoms with Gasteiger partial charge in [-0.2, -0.15) is 0 Å². The van der Waals surface area contributed by atoms with Crippen molar-refractivity contribution in [1.29, 1.82) is 0 Å². The Balaban J connectivity index is 4.16. The van der Waals surface area contributed by atoms with Crippen LogP contribution in [0.25, 0.3) is 0 Å². The minimum absolute atomic E-state index is 0.614. The highest BCUT2D eigenvalue weighted by molar-refractivity contribution is 5.78. The third kappa shape index (κ3) is 4.24. The predicted molar refractivity (Wildman–Crippen MR) is 52.9 cm³/mol. The quantitative estimate of drug-likeness (QED) is 0.633. The molecule has 0 saturated carbocycles. The maximum absolute atomic E-state index is 10.9. The van der Waals surface area contributed by atoms with Crippen molar-refractivity contribution in [2.75, 3.05) is 27.2 Å². The number of nitrogens with one attached hydrogen (secondary N) is 1. The number of hydrogen-bond acceptors (Lipinski definition) is 3. The summed E-state index contributed by atoms with van der Waals surface area (Å²) in [6.07, 6.45) is 0.614. The van der Waals surface area contributed by atoms with Gasteiger partial charge in [0.25, 0.3) is 0 Å². The van der Waals surface area contributed by atoms with E-state index in [0.29, 0.717) is 13.0 Å². The Morgan fingerprint density at radius 1 is 1.54 bits per heavy atom. The summed E-state index contributed by atoms with van der Waals surface area (Å²) in [6, 6.07) is 0. The summed E-state index contributed by atoms with van der Waals surface area (Å²) in [6.45, 7) is 5.09. The second-order valence-corrected chi connectivity index (χ2v) is 3.72. The van der Waals surface area contributed by atoms with Crippen molar-refractivity contribution in [3.63, 3.8) is 0 Å². The van der Waals surface area contributed by atoms with Crippen LogP contribution >= 0.6 is 0 Å². The predicted octanol–water partition coefficient (Wildman–Crippen LogP) is 0.391. The molecule has 1 atom stereocenters. The van der Waals surface area contributed by atoms with Gasteiger partial charge in [0.05, 0.1) is 0 Å². The molecular weight excluding hydrogens is 168 g/mol. The summed E-state index contributed by atoms with van der Waals surface area (Å²) in [4.78, 5) is 12.9. The maximum Gasteiger partial charge on any atom is 0.323 e. The lowest BCUT2D eigenvalue weighted by Crippen LogP contribution is -2.50. The van der Waals surface area contributed by atoms with Crippen molar-refractivity contribution in [1.82, 2.24) is 10.2 Å². The molecule has 13 heavy (non-hydrogen) atoms. The molecule has 0 bridgehead atoms. The molecule has 4 nitrogen and oxygen atoms in total. The van der Waals surface area contributed by atoms with Gasteiger partial charge in [-0.25, -0.2) is 0 Å². The van der Waals surface area contributed by atoms with Crippen LogP contribution in [0.5, 0.6) is 0 Å². The minimum Gasteiger partial charge on any atom is -0.480 e. The largest absolute Gasteiger partial charge is 0.480 e. The van der Waals surface area contributed by atoms with E-state index < -0.39 is 11.5 Å². The molecule has 0 aliphatic carbocycles. The number of hydrogen-bond donors (Lipinski definition) is 2. The fourth-order valence-corrected chi connectivity index (χ4v) is 1.11. The van der Waals surface area contributed by atoms with Gasteiger partial charge in [-0.05, 0) is 40.5 Å². The molecule has 4 heteroatoms. The fraction of sp³-hybridized carbons (Fsp3) is 0.889. The highest BCUT2D eigenvalue weighted by Gasteiger charge is 2.31. The second-order valence-electron chi connectivity index (χ2n) is 3.72. The van der Waals surface area contributed by atoms with Gasteiger partial charge >= 0.3 is 5.97 Å². The number of carboxylic acids is 1. The van der Waals surface area contributed by atoms with Crippen molar-refractivity contribution in [2.45, 2.75) is 25.8 Å². The smallest absolute Gasteiger partial charge is 0.323 e. The van der Waals surface area contributed by atoms with Crippen LogP contribution in [0, 0.1) is 0 Å². The molecule has 0 aliphatic rings. The van der Waals surface area contributed by atoms with E-state index in [9.17, 15) is 4.79 Å². The standard InChI is InChI=1S/C9H20N2O2/c1-5-10-9(2,8(12)13)6-7-11(3)4/h10H,5-7H2,1-4H3,(H,12,13). The van der Waals surface area contributed by atoms with E-state index in [-0.39, 0.29) is 0 Å². The van der Waals surface area contributed by atoms with Crippen molar-refractivity contribution in [2.24, 2.45) is 0 Å². The first-order valence-corrected chi connectivity index (χ1v) is 4.55. The number of nitrogens with zero attached hydrogens (tertiary/aromatic N) is 1. The monoisotopic (exact) mass is 188 g/mol. The first kappa shape index (κ1) is 12.4. The highest BCUT2D eigenvalue weighted by atomic mass is 16.4. The van der Waals surface area contributed by atoms with Gasteiger partial charge in [0.1, 0.15) is 5.54 Å². The number of carboxylic acid groups (broad SMARTS) is 1. The van der Waals surface area contributed by atoms with Crippen molar-refractivity contribution in [3.8, 4) is 0 Å². The summed E-state index contributed by atoms with van der Waals surface area (Å²) in [7, 11) is 3.88. The zero-order chi connectivity index (χ0) is 10.5. The Morgan fingerprint density at radius 2 is 2.08 bits per heavy atom. The van der Waals surface area contributed by atoms with Crippen molar-refractivity contribution >= 4 is 5.97 Å². The van der Waals surface area contributed by atoms with Crippen LogP contribution < -0.4 is 5.32 Å². The van der Waals surface area contributed by atoms with Crippen LogP contribution in [0.15, 0.2) is 0 Å². The molecule has 0 radical (unpaired) electrons. The fourth-order valence-electron chi connectivity index (χ4n) is 1.11. The van der Waals surface area contributed by atoms with E-state index in [1.54, 1.807) is 6.92 Å². The third-order valence-corrected chi connectivity index (χ3v) is 2.10. The van der Waals surface area contributed by atoms with E-state index in [2.05, 4.69) is 5.32 Å². The summed E-state index contributed by atoms with van der Waals surface area (Å²) in [5.74, 6) is -0.781. The molecule has 78 valence electrons. The Kier molecular flexibility index (Phi) is 4.95. The Bertz CT molecular complexity index is 171. The lowest BCUT2D eigenvalue weighted by Gasteiger charge is -2.27. The lowest BCUT2D eigenvalue weighted by molar-refractivity contribution is -0.144. The molecule has 0 aromatic rings. The first-order valence-electron chi connectivity index (χ1n) is 4.55. The number of likely N-dealkylation sites (N-methyl/N-ethyl adjacent to an activating group) is 1. The molecule has 0 aromatic heterocycles. The summed E-state index contributed by atoms with van der Waals surface area (Å²) in [5.41, 5.74) is -0.793. The van der Waals surface area contributed by atoms with Gasteiger partial charge in [0, 0.05) is 0 Å². The van der Waals surface area contributed by atoms with Gasteiger partial charge in [0.2, 0.25) is 0 Å². The maximum atomic E-state index is 10.9. The number of rotatable bonds is 6. The highest BCUT2D eigenvalue weighted by Crippen LogP contribution is 2.09. The molecule has 0 amide bonds. The van der Waals surface area contributed by atoms with Crippen LogP contribution in [-0.2, 0) is 4.79 Å². The molecule has 0 fully saturated rings. The molecule has 2 N–H and O–H groups in total. The summed E-state index contributed by atoms with van der Waals surface area (Å²) >= 11 is 0. The summed E-state index contributed by atoms with van der Waals surface area (Å²) < 4.78 is 0. The number of aliphatic carboxylic acids is 1. The molecule has 0 rings (SSSR count). The van der Waals surface area contributed by atoms with Crippen molar-refractivity contribution in [3.05, 3.63) is 0 Å². The molecule has 0 aliphatic heterocycles. The Morgan fingerprint density at radius 3 is 2.38 bits per heavy atom. The van der Waals surface area contributed by atoms with Gasteiger partial charge in [-0.3, -0.25) is 4.79 Å². The third-order valence-electron chi connectivity index (χ3n) is 2.10. The molecule has 1 unspecified atom stereocenters. The van der Waals surface area contributed by atoms with Crippen LogP contribution in [0.3, 0.4) is 0 Å². The van der Waals surface area contributed by atoms with Crippen LogP contribution in [-0.4, -0.2) is 48.7 Å². The van der Waals surface area contributed by atoms with Gasteiger partial charge < -0.3 is 15.3 Å². The summed E-state index contributed by atoms with van der Waals surface area (Å²) in [5, 5.41) is 12.0. The van der Waals surface area contributed by atoms with E-state index in [4.69, 9.17) is 5.11 Å².